The third-order valence-corrected chi connectivity index (χ3v) is 5.50. The molecule has 0 radical (unpaired) electrons. The number of anilines is 1. The summed E-state index contributed by atoms with van der Waals surface area (Å²) >= 11 is 5.93. The van der Waals surface area contributed by atoms with E-state index in [1.165, 1.54) is 12.1 Å². The maximum Gasteiger partial charge on any atom is 0.242 e. The molecule has 0 saturated heterocycles. The van der Waals surface area contributed by atoms with E-state index in [2.05, 4.69) is 4.72 Å². The minimum Gasteiger partial charge on any atom is -0.399 e. The molecule has 0 bridgehead atoms. The molecule has 1 fully saturated rings. The molecule has 1 aromatic rings. The van der Waals surface area contributed by atoms with Crippen molar-refractivity contribution in [2.45, 2.75) is 49.1 Å². The van der Waals surface area contributed by atoms with Gasteiger partial charge in [0, 0.05) is 11.7 Å². The van der Waals surface area contributed by atoms with Crippen molar-refractivity contribution in [2.75, 3.05) is 5.73 Å². The summed E-state index contributed by atoms with van der Waals surface area (Å²) in [5.41, 5.74) is 5.94. The van der Waals surface area contributed by atoms with Gasteiger partial charge in [0.25, 0.3) is 0 Å². The second-order valence-electron chi connectivity index (χ2n) is 5.12. The Kier molecular flexibility index (Phi) is 4.90. The zero-order chi connectivity index (χ0) is 14.8. The molecule has 0 heterocycles. The van der Waals surface area contributed by atoms with Crippen LogP contribution in [0.15, 0.2) is 23.1 Å². The van der Waals surface area contributed by atoms with Crippen molar-refractivity contribution in [3.8, 4) is 0 Å². The van der Waals surface area contributed by atoms with Crippen molar-refractivity contribution < 1.29 is 13.5 Å². The van der Waals surface area contributed by atoms with Crippen LogP contribution in [0.1, 0.15) is 32.1 Å². The van der Waals surface area contributed by atoms with Crippen LogP contribution < -0.4 is 10.5 Å². The van der Waals surface area contributed by atoms with Gasteiger partial charge in [-0.2, -0.15) is 0 Å². The Labute approximate surface area is 124 Å². The summed E-state index contributed by atoms with van der Waals surface area (Å²) in [5.74, 6) is 0. The first kappa shape index (κ1) is 15.6. The van der Waals surface area contributed by atoms with Crippen molar-refractivity contribution in [1.82, 2.24) is 4.72 Å². The van der Waals surface area contributed by atoms with Crippen LogP contribution in [0.25, 0.3) is 0 Å². The zero-order valence-electron chi connectivity index (χ0n) is 11.0. The van der Waals surface area contributed by atoms with E-state index in [-0.39, 0.29) is 9.92 Å². The first-order valence-electron chi connectivity index (χ1n) is 6.65. The van der Waals surface area contributed by atoms with Crippen molar-refractivity contribution in [1.29, 1.82) is 0 Å². The summed E-state index contributed by atoms with van der Waals surface area (Å²) in [6.45, 7) is 0. The fourth-order valence-corrected chi connectivity index (χ4v) is 4.25. The number of hydrogen-bond acceptors (Lipinski definition) is 4. The van der Waals surface area contributed by atoms with E-state index in [0.29, 0.717) is 18.5 Å². The van der Waals surface area contributed by atoms with E-state index >= 15 is 0 Å². The monoisotopic (exact) mass is 318 g/mol. The van der Waals surface area contributed by atoms with Gasteiger partial charge in [-0.25, -0.2) is 13.1 Å². The molecule has 1 aromatic carbocycles. The Morgan fingerprint density at radius 1 is 1.25 bits per heavy atom. The summed E-state index contributed by atoms with van der Waals surface area (Å²) < 4.78 is 27.3. The van der Waals surface area contributed by atoms with E-state index in [1.807, 2.05) is 0 Å². The van der Waals surface area contributed by atoms with Gasteiger partial charge in [-0.3, -0.25) is 0 Å². The number of nitrogens with one attached hydrogen (secondary N) is 1. The van der Waals surface area contributed by atoms with Crippen LogP contribution in [0.3, 0.4) is 0 Å². The van der Waals surface area contributed by atoms with Gasteiger partial charge in [-0.15, -0.1) is 0 Å². The lowest BCUT2D eigenvalue weighted by Gasteiger charge is -2.22. The van der Waals surface area contributed by atoms with Crippen LogP contribution in [-0.4, -0.2) is 25.7 Å². The molecular formula is C13H19ClN2O3S. The standard InChI is InChI=1S/C13H19ClN2O3S/c14-10-7-6-9(15)8-13(10)20(18,19)16-11-4-2-1-3-5-12(11)17/h6-8,11-12,16-17H,1-5,15H2. The minimum atomic E-state index is -3.78. The van der Waals surface area contributed by atoms with Gasteiger partial charge < -0.3 is 10.8 Å². The predicted octanol–water partition coefficient (Wildman–Crippen LogP) is 1.89. The SMILES string of the molecule is Nc1ccc(Cl)c(S(=O)(=O)NC2CCCCCC2O)c1. The normalized spacial score (nSPS) is 24.3. The molecule has 112 valence electrons. The average molecular weight is 319 g/mol. The Morgan fingerprint density at radius 3 is 2.70 bits per heavy atom. The number of rotatable bonds is 3. The van der Waals surface area contributed by atoms with Crippen LogP contribution in [0.4, 0.5) is 5.69 Å². The minimum absolute atomic E-state index is 0.0457. The number of hydrogen-bond donors (Lipinski definition) is 3. The van der Waals surface area contributed by atoms with E-state index in [1.54, 1.807) is 6.07 Å². The van der Waals surface area contributed by atoms with Gasteiger partial charge in [0.05, 0.1) is 11.1 Å². The average Bonchev–Trinajstić information content (AvgIpc) is 2.57. The molecule has 0 spiro atoms. The third-order valence-electron chi connectivity index (χ3n) is 3.53. The number of nitrogen functional groups attached to an aromatic ring is 1. The number of halogens is 1. The molecule has 2 atom stereocenters. The highest BCUT2D eigenvalue weighted by Gasteiger charge is 2.28. The maximum atomic E-state index is 12.4. The van der Waals surface area contributed by atoms with Crippen molar-refractivity contribution in [2.24, 2.45) is 0 Å². The molecule has 4 N–H and O–H groups in total. The van der Waals surface area contributed by atoms with Gasteiger partial charge in [-0.05, 0) is 31.0 Å². The highest BCUT2D eigenvalue weighted by atomic mass is 35.5. The van der Waals surface area contributed by atoms with E-state index in [4.69, 9.17) is 17.3 Å². The lowest BCUT2D eigenvalue weighted by molar-refractivity contribution is 0.130. The lowest BCUT2D eigenvalue weighted by Crippen LogP contribution is -2.42. The van der Waals surface area contributed by atoms with Crippen LogP contribution >= 0.6 is 11.6 Å². The molecule has 1 aliphatic carbocycles. The number of aliphatic hydroxyl groups is 1. The van der Waals surface area contributed by atoms with E-state index < -0.39 is 22.2 Å². The second-order valence-corrected chi connectivity index (χ2v) is 7.21. The molecule has 0 amide bonds. The molecule has 5 nitrogen and oxygen atoms in total. The fraction of sp³-hybridized carbons (Fsp3) is 0.538. The molecule has 0 aromatic heterocycles. The van der Waals surface area contributed by atoms with Crippen molar-refractivity contribution >= 4 is 27.3 Å². The molecule has 20 heavy (non-hydrogen) atoms. The number of aliphatic hydroxyl groups excluding tert-OH is 1. The molecular weight excluding hydrogens is 300 g/mol. The van der Waals surface area contributed by atoms with Crippen LogP contribution in [0.5, 0.6) is 0 Å². The quantitative estimate of drug-likeness (QED) is 0.586. The first-order valence-corrected chi connectivity index (χ1v) is 8.52. The fourth-order valence-electron chi connectivity index (χ4n) is 2.41. The number of nitrogens with two attached hydrogens (primary N) is 1. The van der Waals surface area contributed by atoms with Gasteiger partial charge in [0.2, 0.25) is 10.0 Å². The largest absolute Gasteiger partial charge is 0.399 e. The van der Waals surface area contributed by atoms with Crippen molar-refractivity contribution in [3.63, 3.8) is 0 Å². The van der Waals surface area contributed by atoms with E-state index in [0.717, 1.165) is 19.3 Å². The van der Waals surface area contributed by atoms with Crippen LogP contribution in [0, 0.1) is 0 Å². The van der Waals surface area contributed by atoms with E-state index in [9.17, 15) is 13.5 Å². The second kappa shape index (κ2) is 6.30. The number of benzene rings is 1. The molecule has 0 aliphatic heterocycles. The molecule has 1 aliphatic rings. The van der Waals surface area contributed by atoms with Gasteiger partial charge in [0.1, 0.15) is 4.90 Å². The highest BCUT2D eigenvalue weighted by Crippen LogP contribution is 2.25. The first-order chi connectivity index (χ1) is 9.40. The summed E-state index contributed by atoms with van der Waals surface area (Å²) in [6, 6.07) is 3.85. The van der Waals surface area contributed by atoms with Gasteiger partial charge in [-0.1, -0.05) is 30.9 Å². The summed E-state index contributed by atoms with van der Waals surface area (Å²) in [7, 11) is -3.78. The summed E-state index contributed by atoms with van der Waals surface area (Å²) in [5, 5.41) is 10.1. The van der Waals surface area contributed by atoms with Crippen LogP contribution in [0.2, 0.25) is 5.02 Å². The Bertz CT molecular complexity index is 577. The number of sulfonamides is 1. The van der Waals surface area contributed by atoms with Gasteiger partial charge >= 0.3 is 0 Å². The smallest absolute Gasteiger partial charge is 0.242 e. The Balaban J connectivity index is 2.24. The third kappa shape index (κ3) is 3.63. The molecule has 2 rings (SSSR count). The maximum absolute atomic E-state index is 12.4. The molecule has 7 heteroatoms. The lowest BCUT2D eigenvalue weighted by atomic mass is 10.1. The zero-order valence-corrected chi connectivity index (χ0v) is 12.6. The summed E-state index contributed by atoms with van der Waals surface area (Å²) in [6.07, 6.45) is 3.40. The molecule has 2 unspecified atom stereocenters. The van der Waals surface area contributed by atoms with Gasteiger partial charge in [0.15, 0.2) is 0 Å². The van der Waals surface area contributed by atoms with Crippen molar-refractivity contribution in [3.05, 3.63) is 23.2 Å². The topological polar surface area (TPSA) is 92.4 Å². The predicted molar refractivity (Wildman–Crippen MR) is 79.1 cm³/mol. The Morgan fingerprint density at radius 2 is 1.95 bits per heavy atom. The Hall–Kier alpha value is -0.820. The molecule has 1 saturated carbocycles. The van der Waals surface area contributed by atoms with Crippen LogP contribution in [-0.2, 0) is 10.0 Å². The summed E-state index contributed by atoms with van der Waals surface area (Å²) in [4.78, 5) is -0.0457. The highest BCUT2D eigenvalue weighted by molar-refractivity contribution is 7.89.